The van der Waals surface area contributed by atoms with Crippen LogP contribution in [0.25, 0.3) is 11.1 Å². The highest BCUT2D eigenvalue weighted by Crippen LogP contribution is 2.42. The van der Waals surface area contributed by atoms with Gasteiger partial charge in [-0.3, -0.25) is 28.8 Å². The molecule has 0 aromatic heterocycles. The van der Waals surface area contributed by atoms with E-state index in [2.05, 4.69) is 31.9 Å². The average Bonchev–Trinajstić information content (AvgIpc) is 0.757. The number of benzene rings is 2. The highest BCUT2D eigenvalue weighted by atomic mass is 16.8. The maximum absolute atomic E-state index is 13.6. The topological polar surface area (TPSA) is 915 Å². The molecule has 2 aromatic carbocycles. The predicted molar refractivity (Wildman–Crippen MR) is 480 cm³/mol. The van der Waals surface area contributed by atoms with E-state index in [0.717, 1.165) is 20.8 Å². The van der Waals surface area contributed by atoms with E-state index in [4.69, 9.17) is 99.5 Å². The molecule has 0 spiro atoms. The average molecular weight is 2160 g/mol. The number of aryl methyl sites for hydroxylation is 1. The van der Waals surface area contributed by atoms with Gasteiger partial charge in [-0.15, -0.1) is 0 Å². The van der Waals surface area contributed by atoms with Crippen LogP contribution < -0.4 is 46.1 Å². The number of aliphatic hydroxyl groups excluding tert-OH is 27. The molecular weight excluding hydrogens is 2020 g/mol. The molecule has 6 amide bonds. The standard InChI is InChI=1S/C89H140N6O54/c1-34-14-38(16-40(15-34)132-30-52(109)90-8-5-11-129-80-55(93-35(2)106)63(117)74(49(27-102)141-80)144-85-72(126)77(61(115)47(25-100)138-85)147-83-69(123)66(120)58(112)44(22-97)136-83)39-17-41(133-31-53(110)91-9-6-12-130-81-56(94-36(3)107)64(118)75(50(28-103)142-81)145-86-73(127)78(62(116)48(26-101)139-86)148-84-70(124)67(121)59(113)45(23-98)137-84)19-42(18-39)134-32-54(111)92-10-7-13-131-82-57(95-37(4)108)65(119)76(51(29-104)143-82)146-88-79(128)89(33-105,20-43(21-96)135-88)149-87-71(125)68(122)60(114)46(24-99)140-87/h14-19,43-51,55-88,96-105,112-128H,5-13,20-33H2,1-4H3,(H,90,109)(H,91,110)(H,92,111)(H,93,106)(H,94,107)(H,95,108)/t43?,44?,45?,46?,47?,48?,49?,50?,51?,55?,56?,57?,58-,59-,60-,61-,62-,63?,64?,65?,66?,67?,68?,69?,70?,71?,72?,73?,74+,75+,76+,77?,78?,79?,80+,81+,82+,83+,84+,85-,86-,87+,88-,89?/m0/s1. The minimum atomic E-state index is -2.27. The van der Waals surface area contributed by atoms with E-state index in [9.17, 15) is 167 Å². The van der Waals surface area contributed by atoms with Gasteiger partial charge in [0, 0.05) is 52.9 Å². The third-order valence-corrected chi connectivity index (χ3v) is 26.0. The Balaban J connectivity index is 0.705. The van der Waals surface area contributed by atoms with Gasteiger partial charge in [-0.2, -0.15) is 0 Å². The van der Waals surface area contributed by atoms with Gasteiger partial charge in [0.05, 0.1) is 92.0 Å². The molecule has 9 heterocycles. The second-order valence-electron chi connectivity index (χ2n) is 37.0. The Labute approximate surface area is 849 Å². The van der Waals surface area contributed by atoms with Crippen LogP contribution in [0.1, 0.15) is 52.0 Å². The Morgan fingerprint density at radius 3 is 0.919 bits per heavy atom. The molecule has 9 saturated heterocycles. The van der Waals surface area contributed by atoms with Gasteiger partial charge in [-0.25, -0.2) is 0 Å². The Morgan fingerprint density at radius 1 is 0.309 bits per heavy atom. The highest BCUT2D eigenvalue weighted by molar-refractivity contribution is 5.79. The fourth-order valence-corrected chi connectivity index (χ4v) is 18.1. The smallest absolute Gasteiger partial charge is 0.257 e. The van der Waals surface area contributed by atoms with E-state index in [0.29, 0.717) is 16.7 Å². The Bertz CT molecular complexity index is 4480. The summed E-state index contributed by atoms with van der Waals surface area (Å²) in [5, 5.41) is 305. The molecule has 9 fully saturated rings. The summed E-state index contributed by atoms with van der Waals surface area (Å²) in [6.07, 6.45) is -72.2. The molecule has 0 radical (unpaired) electrons. The molecule has 0 aliphatic carbocycles. The molecule has 2 aromatic rings. The fourth-order valence-electron chi connectivity index (χ4n) is 18.1. The number of amides is 6. The first-order valence-electron chi connectivity index (χ1n) is 48.1. The highest BCUT2D eigenvalue weighted by Gasteiger charge is 2.61. The van der Waals surface area contributed by atoms with Crippen LogP contribution >= 0.6 is 0 Å². The van der Waals surface area contributed by atoms with Crippen molar-refractivity contribution in [2.45, 2.75) is 323 Å². The molecule has 9 aliphatic heterocycles. The second kappa shape index (κ2) is 57.0. The SMILES string of the molecule is CC(=O)NC1C(O)[C@H](O[C@@H]2OC(CO)[C@H](O)C(O[C@H]3OC(CO)[C@H](O)C(O)C3O)C2O)C(CO)O[C@H]1OCCCNC(=O)COc1cc(C)cc(-c2cc(OCC(=O)NCCCO[C@@H]3OC(CO)[C@@H](O[C@@H]4OC(CO)[C@H](O)C(O[C@H]5OC(CO)[C@H](O)C(O)C5O)C4O)C(O)C3NC(C)=O)cc(OCC(=O)NCCCO[C@@H]3OC(CO)[C@@H](O[C@@H]4OC(CO)CC(CO)(O[C@H]5OC(CO)[C@H](O)C(O)C5O)C4O)C(O)C3NC(C)=O)c2)c1. The first-order valence-corrected chi connectivity index (χ1v) is 48.1. The molecule has 33 N–H and O–H groups in total. The van der Waals surface area contributed by atoms with E-state index in [-0.39, 0.29) is 76.0 Å². The first-order chi connectivity index (χ1) is 71.0. The van der Waals surface area contributed by atoms with Gasteiger partial charge in [-0.1, -0.05) is 6.07 Å². The summed E-state index contributed by atoms with van der Waals surface area (Å²) in [6.45, 7) is -7.17. The van der Waals surface area contributed by atoms with Crippen molar-refractivity contribution in [3.8, 4) is 28.4 Å². The molecule has 44 atom stereocenters. The lowest BCUT2D eigenvalue weighted by Crippen LogP contribution is -2.69. The summed E-state index contributed by atoms with van der Waals surface area (Å²) in [5.74, 6) is -4.11. The van der Waals surface area contributed by atoms with E-state index < -0.39 is 397 Å². The van der Waals surface area contributed by atoms with E-state index >= 15 is 0 Å². The summed E-state index contributed by atoms with van der Waals surface area (Å²) in [5.41, 5.74) is -0.967. The number of aliphatic hydroxyl groups is 27. The molecule has 0 saturated carbocycles. The largest absolute Gasteiger partial charge is 0.484 e. The number of carbonyl (C=O) groups excluding carboxylic acids is 6. The van der Waals surface area contributed by atoms with E-state index in [1.165, 1.54) is 24.3 Å². The quantitative estimate of drug-likeness (QED) is 0.0274. The van der Waals surface area contributed by atoms with Crippen LogP contribution in [0.4, 0.5) is 0 Å². The molecule has 11 rings (SSSR count). The Hall–Kier alpha value is -7.14. The van der Waals surface area contributed by atoms with Gasteiger partial charge < -0.3 is 269 Å². The number of nitrogens with one attached hydrogen (secondary N) is 6. The molecule has 850 valence electrons. The van der Waals surface area contributed by atoms with Gasteiger partial charge >= 0.3 is 0 Å². The molecular formula is C89H140N6O54. The Morgan fingerprint density at radius 2 is 0.597 bits per heavy atom. The minimum absolute atomic E-state index is 0.00628. The zero-order chi connectivity index (χ0) is 109. The van der Waals surface area contributed by atoms with Crippen LogP contribution in [-0.2, 0) is 114 Å². The van der Waals surface area contributed by atoms with Crippen LogP contribution in [0.15, 0.2) is 36.4 Å². The van der Waals surface area contributed by atoms with Crippen molar-refractivity contribution in [2.75, 3.05) is 125 Å². The van der Waals surface area contributed by atoms with Gasteiger partial charge in [-0.05, 0) is 67.1 Å². The predicted octanol–water partition coefficient (Wildman–Crippen LogP) is -18.5. The van der Waals surface area contributed by atoms with Crippen LogP contribution in [0.2, 0.25) is 0 Å². The summed E-state index contributed by atoms with van der Waals surface area (Å²) < 4.78 is 122. The van der Waals surface area contributed by atoms with E-state index in [1.54, 1.807) is 19.1 Å². The third kappa shape index (κ3) is 30.8. The van der Waals surface area contributed by atoms with Crippen molar-refractivity contribution in [2.24, 2.45) is 0 Å². The first kappa shape index (κ1) is 122. The lowest BCUT2D eigenvalue weighted by molar-refractivity contribution is -0.387. The van der Waals surface area contributed by atoms with Crippen molar-refractivity contribution in [1.29, 1.82) is 0 Å². The molecule has 60 nitrogen and oxygen atoms in total. The summed E-state index contributed by atoms with van der Waals surface area (Å²) in [7, 11) is 0. The zero-order valence-electron chi connectivity index (χ0n) is 81.2. The maximum Gasteiger partial charge on any atom is 0.257 e. The lowest BCUT2D eigenvalue weighted by Gasteiger charge is -2.51. The molecule has 60 heteroatoms. The number of hydrogen-bond donors (Lipinski definition) is 33. The zero-order valence-corrected chi connectivity index (χ0v) is 81.2. The molecule has 149 heavy (non-hydrogen) atoms. The molecule has 9 aliphatic rings. The Kier molecular flexibility index (Phi) is 46.7. The number of carbonyl (C=O) groups is 6. The monoisotopic (exact) mass is 2160 g/mol. The fraction of sp³-hybridized carbons (Fsp3) is 0.798. The van der Waals surface area contributed by atoms with Crippen LogP contribution in [0.5, 0.6) is 17.2 Å². The number of ether oxygens (including phenoxy) is 21. The van der Waals surface area contributed by atoms with Crippen LogP contribution in [0, 0.1) is 6.92 Å². The van der Waals surface area contributed by atoms with Crippen LogP contribution in [0.3, 0.4) is 0 Å². The van der Waals surface area contributed by atoms with Gasteiger partial charge in [0.1, 0.15) is 224 Å². The van der Waals surface area contributed by atoms with Crippen molar-refractivity contribution in [3.05, 3.63) is 42.0 Å². The van der Waals surface area contributed by atoms with Gasteiger partial charge in [0.2, 0.25) is 17.7 Å². The molecule has 0 bridgehead atoms. The lowest BCUT2D eigenvalue weighted by atomic mass is 9.86. The second-order valence-corrected chi connectivity index (χ2v) is 37.0. The summed E-state index contributed by atoms with van der Waals surface area (Å²) in [6, 6.07) is 4.68. The van der Waals surface area contributed by atoms with Crippen molar-refractivity contribution in [1.82, 2.24) is 31.9 Å². The summed E-state index contributed by atoms with van der Waals surface area (Å²) >= 11 is 0. The normalized spacial score (nSPS) is 39.5. The van der Waals surface area contributed by atoms with Gasteiger partial charge in [0.25, 0.3) is 17.7 Å². The third-order valence-electron chi connectivity index (χ3n) is 26.0. The van der Waals surface area contributed by atoms with Crippen LogP contribution in [-0.4, -0.2) is 568 Å². The van der Waals surface area contributed by atoms with Crippen molar-refractivity contribution >= 4 is 35.4 Å². The number of hydrogen-bond acceptors (Lipinski definition) is 54. The minimum Gasteiger partial charge on any atom is -0.484 e. The number of rotatable bonds is 50. The van der Waals surface area contributed by atoms with Crippen molar-refractivity contribution in [3.63, 3.8) is 0 Å². The van der Waals surface area contributed by atoms with Gasteiger partial charge in [0.15, 0.2) is 76.4 Å². The maximum atomic E-state index is 13.6. The van der Waals surface area contributed by atoms with E-state index in [1.807, 2.05) is 0 Å². The van der Waals surface area contributed by atoms with Crippen molar-refractivity contribution < 1.29 is 266 Å². The summed E-state index contributed by atoms with van der Waals surface area (Å²) in [4.78, 5) is 78.6. The molecule has 27 unspecified atom stereocenters.